The molecule has 102 valence electrons. The van der Waals surface area contributed by atoms with Crippen LogP contribution in [0.25, 0.3) is 0 Å². The first-order valence-corrected chi connectivity index (χ1v) is 4.84. The van der Waals surface area contributed by atoms with Crippen molar-refractivity contribution >= 4 is 23.2 Å². The molecule has 0 aliphatic rings. The van der Waals surface area contributed by atoms with Crippen molar-refractivity contribution in [3.63, 3.8) is 0 Å². The van der Waals surface area contributed by atoms with E-state index in [-0.39, 0.29) is 12.3 Å². The van der Waals surface area contributed by atoms with E-state index in [0.29, 0.717) is 0 Å². The first-order valence-electron chi connectivity index (χ1n) is 4.08. The van der Waals surface area contributed by atoms with Crippen molar-refractivity contribution in [3.8, 4) is 0 Å². The van der Waals surface area contributed by atoms with Gasteiger partial charge in [-0.25, -0.2) is 4.98 Å². The second kappa shape index (κ2) is 4.43. The molecule has 10 heteroatoms. The number of hydrogen-bond acceptors (Lipinski definition) is 2. The summed E-state index contributed by atoms with van der Waals surface area (Å²) in [5.41, 5.74) is -6.61. The maximum atomic E-state index is 12.4. The van der Waals surface area contributed by atoms with Crippen LogP contribution in [-0.2, 0) is 5.60 Å². The highest BCUT2D eigenvalue weighted by molar-refractivity contribution is 6.41. The Balaban J connectivity index is 3.51. The van der Waals surface area contributed by atoms with E-state index in [4.69, 9.17) is 28.3 Å². The number of aromatic nitrogens is 1. The van der Waals surface area contributed by atoms with Crippen molar-refractivity contribution in [3.05, 3.63) is 28.0 Å². The van der Waals surface area contributed by atoms with Gasteiger partial charge in [-0.15, -0.1) is 0 Å². The summed E-state index contributed by atoms with van der Waals surface area (Å²) >= 11 is 10.6. The smallest absolute Gasteiger partial charge is 0.369 e. The summed E-state index contributed by atoms with van der Waals surface area (Å²) in [5.74, 6) is 0. The largest absolute Gasteiger partial charge is 0.430 e. The van der Waals surface area contributed by atoms with Crippen LogP contribution in [0.2, 0.25) is 10.2 Å². The zero-order valence-electron chi connectivity index (χ0n) is 8.07. The minimum Gasteiger partial charge on any atom is -0.369 e. The summed E-state index contributed by atoms with van der Waals surface area (Å²) in [7, 11) is 0. The van der Waals surface area contributed by atoms with Gasteiger partial charge in [0.05, 0.1) is 5.02 Å². The number of hydrogen-bond donors (Lipinski definition) is 1. The Morgan fingerprint density at radius 3 is 1.78 bits per heavy atom. The Morgan fingerprint density at radius 1 is 1.00 bits per heavy atom. The average molecular weight is 314 g/mol. The maximum Gasteiger partial charge on any atom is 0.430 e. The van der Waals surface area contributed by atoms with Crippen LogP contribution >= 0.6 is 23.2 Å². The summed E-state index contributed by atoms with van der Waals surface area (Å²) in [6.45, 7) is 0. The van der Waals surface area contributed by atoms with Gasteiger partial charge in [0.15, 0.2) is 0 Å². The normalized spacial score (nSPS) is 13.8. The van der Waals surface area contributed by atoms with Crippen LogP contribution in [0.15, 0.2) is 12.3 Å². The van der Waals surface area contributed by atoms with Gasteiger partial charge in [0, 0.05) is 11.8 Å². The average Bonchev–Trinajstić information content (AvgIpc) is 2.17. The van der Waals surface area contributed by atoms with Crippen molar-refractivity contribution in [2.75, 3.05) is 0 Å². The first-order chi connectivity index (χ1) is 7.91. The van der Waals surface area contributed by atoms with Gasteiger partial charge >= 0.3 is 12.4 Å². The van der Waals surface area contributed by atoms with E-state index in [0.717, 1.165) is 0 Å². The van der Waals surface area contributed by atoms with Gasteiger partial charge in [-0.2, -0.15) is 26.3 Å². The standard InChI is InChI=1S/C8H3Cl2F6NO/c9-4-1-3(2-17-5(4)10)6(18,7(11,12)13)8(14,15)16/h1-2,18H. The third kappa shape index (κ3) is 2.36. The van der Waals surface area contributed by atoms with Crippen molar-refractivity contribution in [1.82, 2.24) is 4.98 Å². The molecule has 0 aromatic carbocycles. The zero-order chi connectivity index (χ0) is 14.4. The summed E-state index contributed by atoms with van der Waals surface area (Å²) in [6, 6.07) is 0.262. The van der Waals surface area contributed by atoms with Crippen molar-refractivity contribution in [2.24, 2.45) is 0 Å². The van der Waals surface area contributed by atoms with Gasteiger partial charge in [0.1, 0.15) is 5.15 Å². The third-order valence-electron chi connectivity index (χ3n) is 2.03. The molecule has 0 unspecified atom stereocenters. The molecule has 1 heterocycles. The molecule has 0 radical (unpaired) electrons. The van der Waals surface area contributed by atoms with Gasteiger partial charge in [-0.1, -0.05) is 23.2 Å². The molecule has 2 nitrogen and oxygen atoms in total. The lowest BCUT2D eigenvalue weighted by Crippen LogP contribution is -2.54. The number of halogens is 8. The lowest BCUT2D eigenvalue weighted by molar-refractivity contribution is -0.376. The minimum absolute atomic E-state index is 0.162. The Kier molecular flexibility index (Phi) is 3.77. The number of rotatable bonds is 1. The van der Waals surface area contributed by atoms with Gasteiger partial charge in [-0.3, -0.25) is 0 Å². The van der Waals surface area contributed by atoms with Crippen LogP contribution in [0.4, 0.5) is 26.3 Å². The van der Waals surface area contributed by atoms with Crippen molar-refractivity contribution in [1.29, 1.82) is 0 Å². The van der Waals surface area contributed by atoms with Crippen LogP contribution in [0.5, 0.6) is 0 Å². The van der Waals surface area contributed by atoms with Crippen molar-refractivity contribution in [2.45, 2.75) is 18.0 Å². The number of aliphatic hydroxyl groups is 1. The van der Waals surface area contributed by atoms with Gasteiger partial charge in [0.25, 0.3) is 5.60 Å². The quantitative estimate of drug-likeness (QED) is 0.633. The molecule has 1 rings (SSSR count). The molecule has 0 bridgehead atoms. The number of pyridine rings is 1. The van der Waals surface area contributed by atoms with Crippen LogP contribution in [0.3, 0.4) is 0 Å². The van der Waals surface area contributed by atoms with Crippen LogP contribution in [0.1, 0.15) is 5.56 Å². The topological polar surface area (TPSA) is 33.1 Å². The SMILES string of the molecule is OC(c1cnc(Cl)c(Cl)c1)(C(F)(F)F)C(F)(F)F. The molecule has 0 atom stereocenters. The summed E-state index contributed by atoms with van der Waals surface area (Å²) < 4.78 is 74.7. The van der Waals surface area contributed by atoms with E-state index in [1.54, 1.807) is 0 Å². The highest BCUT2D eigenvalue weighted by Gasteiger charge is 2.71. The fourth-order valence-electron chi connectivity index (χ4n) is 1.11. The molecule has 18 heavy (non-hydrogen) atoms. The summed E-state index contributed by atoms with van der Waals surface area (Å²) in [5, 5.41) is 7.86. The third-order valence-corrected chi connectivity index (χ3v) is 2.72. The highest BCUT2D eigenvalue weighted by Crippen LogP contribution is 2.50. The van der Waals surface area contributed by atoms with E-state index >= 15 is 0 Å². The first kappa shape index (κ1) is 15.3. The molecular formula is C8H3Cl2F6NO. The molecule has 0 aliphatic carbocycles. The lowest BCUT2D eigenvalue weighted by atomic mass is 9.94. The highest BCUT2D eigenvalue weighted by atomic mass is 35.5. The lowest BCUT2D eigenvalue weighted by Gasteiger charge is -2.32. The predicted molar refractivity (Wildman–Crippen MR) is 50.3 cm³/mol. The monoisotopic (exact) mass is 313 g/mol. The Hall–Kier alpha value is -0.730. The van der Waals surface area contributed by atoms with Crippen LogP contribution in [-0.4, -0.2) is 22.4 Å². The number of alkyl halides is 6. The molecule has 0 spiro atoms. The Labute approximate surface area is 106 Å². The fourth-order valence-corrected chi connectivity index (χ4v) is 1.38. The molecule has 0 amide bonds. The van der Waals surface area contributed by atoms with Gasteiger partial charge in [-0.05, 0) is 6.07 Å². The molecule has 1 aromatic rings. The second-order valence-electron chi connectivity index (χ2n) is 3.20. The van der Waals surface area contributed by atoms with E-state index in [1.165, 1.54) is 0 Å². The molecule has 1 N–H and O–H groups in total. The number of nitrogens with zero attached hydrogens (tertiary/aromatic N) is 1. The van der Waals surface area contributed by atoms with Gasteiger partial charge < -0.3 is 5.11 Å². The Bertz CT molecular complexity index is 444. The minimum atomic E-state index is -5.98. The van der Waals surface area contributed by atoms with Gasteiger partial charge in [0.2, 0.25) is 0 Å². The second-order valence-corrected chi connectivity index (χ2v) is 3.97. The molecule has 0 saturated carbocycles. The summed E-state index contributed by atoms with van der Waals surface area (Å²) in [6.07, 6.45) is -11.8. The van der Waals surface area contributed by atoms with E-state index in [2.05, 4.69) is 4.98 Å². The molecule has 0 saturated heterocycles. The van der Waals surface area contributed by atoms with Crippen LogP contribution in [0, 0.1) is 0 Å². The van der Waals surface area contributed by atoms with E-state index < -0.39 is 33.7 Å². The fraction of sp³-hybridized carbons (Fsp3) is 0.375. The van der Waals surface area contributed by atoms with E-state index in [1.807, 2.05) is 0 Å². The molecular weight excluding hydrogens is 311 g/mol. The Morgan fingerprint density at radius 2 is 1.44 bits per heavy atom. The molecule has 1 aromatic heterocycles. The maximum absolute atomic E-state index is 12.4. The zero-order valence-corrected chi connectivity index (χ0v) is 9.58. The summed E-state index contributed by atoms with van der Waals surface area (Å²) in [4.78, 5) is 3.05. The van der Waals surface area contributed by atoms with Crippen LogP contribution < -0.4 is 0 Å². The predicted octanol–water partition coefficient (Wildman–Crippen LogP) is 3.70. The van der Waals surface area contributed by atoms with E-state index in [9.17, 15) is 26.3 Å². The molecule has 0 aliphatic heterocycles. The molecule has 0 fully saturated rings. The van der Waals surface area contributed by atoms with Crippen molar-refractivity contribution < 1.29 is 31.4 Å².